The summed E-state index contributed by atoms with van der Waals surface area (Å²) < 4.78 is 5.11. The average molecular weight is 348 g/mol. The number of hydrogen-bond donors (Lipinski definition) is 1. The third-order valence-corrected chi connectivity index (χ3v) is 4.59. The zero-order valence-corrected chi connectivity index (χ0v) is 14.6. The standard InChI is InChI=1S/C20H20N4O2/c1-26-19-5-4-14(9-18(19)25)12-24-8-6-15-11-22-20(23-17(15)13-24)16-3-2-7-21-10-16/h2-5,7,9-11,25H,6,8,12-13H2,1H3. The Labute approximate surface area is 152 Å². The summed E-state index contributed by atoms with van der Waals surface area (Å²) in [6.07, 6.45) is 6.38. The lowest BCUT2D eigenvalue weighted by atomic mass is 10.1. The van der Waals surface area contributed by atoms with Crippen molar-refractivity contribution < 1.29 is 9.84 Å². The van der Waals surface area contributed by atoms with Gasteiger partial charge in [-0.05, 0) is 41.8 Å². The van der Waals surface area contributed by atoms with Crippen LogP contribution in [-0.2, 0) is 19.5 Å². The molecule has 6 heteroatoms. The van der Waals surface area contributed by atoms with E-state index in [0.29, 0.717) is 11.6 Å². The highest BCUT2D eigenvalue weighted by atomic mass is 16.5. The lowest BCUT2D eigenvalue weighted by Gasteiger charge is -2.28. The molecule has 1 N–H and O–H groups in total. The summed E-state index contributed by atoms with van der Waals surface area (Å²) >= 11 is 0. The first-order valence-electron chi connectivity index (χ1n) is 8.56. The predicted octanol–water partition coefficient (Wildman–Crippen LogP) is 2.81. The van der Waals surface area contributed by atoms with Crippen LogP contribution in [0.1, 0.15) is 16.8 Å². The van der Waals surface area contributed by atoms with E-state index in [2.05, 4.69) is 14.9 Å². The Morgan fingerprint density at radius 2 is 2.15 bits per heavy atom. The molecule has 3 heterocycles. The molecule has 2 aromatic heterocycles. The van der Waals surface area contributed by atoms with Crippen LogP contribution in [0.5, 0.6) is 11.5 Å². The minimum Gasteiger partial charge on any atom is -0.504 e. The van der Waals surface area contributed by atoms with Gasteiger partial charge in [0.05, 0.1) is 12.8 Å². The number of benzene rings is 1. The number of aromatic hydroxyl groups is 1. The topological polar surface area (TPSA) is 71.4 Å². The molecular formula is C20H20N4O2. The van der Waals surface area contributed by atoms with Crippen molar-refractivity contribution in [2.75, 3.05) is 13.7 Å². The van der Waals surface area contributed by atoms with Gasteiger partial charge in [-0.1, -0.05) is 6.07 Å². The molecule has 0 spiro atoms. The van der Waals surface area contributed by atoms with Crippen LogP contribution < -0.4 is 4.74 Å². The highest BCUT2D eigenvalue weighted by Crippen LogP contribution is 2.28. The fraction of sp³-hybridized carbons (Fsp3) is 0.250. The van der Waals surface area contributed by atoms with Crippen LogP contribution in [0.3, 0.4) is 0 Å². The van der Waals surface area contributed by atoms with E-state index in [1.807, 2.05) is 24.4 Å². The number of methoxy groups -OCH3 is 1. The fourth-order valence-corrected chi connectivity index (χ4v) is 3.22. The van der Waals surface area contributed by atoms with Crippen LogP contribution in [0.2, 0.25) is 0 Å². The van der Waals surface area contributed by atoms with Crippen molar-refractivity contribution in [2.24, 2.45) is 0 Å². The van der Waals surface area contributed by atoms with E-state index in [9.17, 15) is 5.11 Å². The number of fused-ring (bicyclic) bond motifs is 1. The van der Waals surface area contributed by atoms with Gasteiger partial charge < -0.3 is 9.84 Å². The van der Waals surface area contributed by atoms with Crippen molar-refractivity contribution in [3.63, 3.8) is 0 Å². The van der Waals surface area contributed by atoms with E-state index < -0.39 is 0 Å². The summed E-state index contributed by atoms with van der Waals surface area (Å²) in [5.41, 5.74) is 4.23. The summed E-state index contributed by atoms with van der Waals surface area (Å²) in [5, 5.41) is 9.97. The zero-order valence-electron chi connectivity index (χ0n) is 14.6. The summed E-state index contributed by atoms with van der Waals surface area (Å²) in [6, 6.07) is 9.39. The summed E-state index contributed by atoms with van der Waals surface area (Å²) in [4.78, 5) is 15.7. The Morgan fingerprint density at radius 3 is 2.92 bits per heavy atom. The molecule has 1 aromatic carbocycles. The van der Waals surface area contributed by atoms with Gasteiger partial charge in [-0.3, -0.25) is 9.88 Å². The van der Waals surface area contributed by atoms with Crippen molar-refractivity contribution >= 4 is 0 Å². The molecule has 1 aliphatic rings. The number of phenolic OH excluding ortho intramolecular Hbond substituents is 1. The third kappa shape index (κ3) is 3.36. The Balaban J connectivity index is 1.52. The summed E-state index contributed by atoms with van der Waals surface area (Å²) in [6.45, 7) is 2.45. The summed E-state index contributed by atoms with van der Waals surface area (Å²) in [5.74, 6) is 1.37. The monoisotopic (exact) mass is 348 g/mol. The van der Waals surface area contributed by atoms with E-state index in [1.165, 1.54) is 5.56 Å². The van der Waals surface area contributed by atoms with Gasteiger partial charge in [0.1, 0.15) is 0 Å². The number of rotatable bonds is 4. The number of nitrogens with zero attached hydrogens (tertiary/aromatic N) is 4. The van der Waals surface area contributed by atoms with E-state index in [-0.39, 0.29) is 5.75 Å². The molecule has 26 heavy (non-hydrogen) atoms. The first-order valence-corrected chi connectivity index (χ1v) is 8.56. The number of aromatic nitrogens is 3. The van der Waals surface area contributed by atoms with Gasteiger partial charge >= 0.3 is 0 Å². The van der Waals surface area contributed by atoms with Gasteiger partial charge in [-0.15, -0.1) is 0 Å². The molecule has 0 bridgehead atoms. The highest BCUT2D eigenvalue weighted by molar-refractivity contribution is 5.53. The van der Waals surface area contributed by atoms with Gasteiger partial charge in [0.2, 0.25) is 0 Å². The highest BCUT2D eigenvalue weighted by Gasteiger charge is 2.19. The SMILES string of the molecule is COc1ccc(CN2CCc3cnc(-c4cccnc4)nc3C2)cc1O. The minimum atomic E-state index is 0.170. The summed E-state index contributed by atoms with van der Waals surface area (Å²) in [7, 11) is 1.55. The first-order chi connectivity index (χ1) is 12.7. The fourth-order valence-electron chi connectivity index (χ4n) is 3.22. The maximum absolute atomic E-state index is 9.97. The van der Waals surface area contributed by atoms with E-state index in [1.54, 1.807) is 31.6 Å². The molecule has 0 unspecified atom stereocenters. The van der Waals surface area contributed by atoms with Crippen molar-refractivity contribution in [3.05, 3.63) is 65.7 Å². The second-order valence-corrected chi connectivity index (χ2v) is 6.37. The lowest BCUT2D eigenvalue weighted by Crippen LogP contribution is -2.31. The molecule has 132 valence electrons. The van der Waals surface area contributed by atoms with Crippen LogP contribution in [0.15, 0.2) is 48.9 Å². The number of pyridine rings is 1. The van der Waals surface area contributed by atoms with Crippen molar-refractivity contribution in [1.82, 2.24) is 19.9 Å². The molecule has 0 saturated heterocycles. The predicted molar refractivity (Wildman–Crippen MR) is 97.7 cm³/mol. The quantitative estimate of drug-likeness (QED) is 0.782. The smallest absolute Gasteiger partial charge is 0.160 e. The minimum absolute atomic E-state index is 0.170. The molecule has 4 rings (SSSR count). The molecule has 0 fully saturated rings. The van der Waals surface area contributed by atoms with Gasteiger partial charge in [0, 0.05) is 43.8 Å². The lowest BCUT2D eigenvalue weighted by molar-refractivity contribution is 0.241. The maximum Gasteiger partial charge on any atom is 0.160 e. The Kier molecular flexibility index (Phi) is 4.50. The van der Waals surface area contributed by atoms with Crippen LogP contribution in [-0.4, -0.2) is 38.6 Å². The number of phenols is 1. The first kappa shape index (κ1) is 16.5. The van der Waals surface area contributed by atoms with Crippen LogP contribution >= 0.6 is 0 Å². The molecule has 0 atom stereocenters. The van der Waals surface area contributed by atoms with Gasteiger partial charge in [0.25, 0.3) is 0 Å². The van der Waals surface area contributed by atoms with Crippen LogP contribution in [0.4, 0.5) is 0 Å². The molecule has 1 aliphatic heterocycles. The maximum atomic E-state index is 9.97. The Morgan fingerprint density at radius 1 is 1.23 bits per heavy atom. The van der Waals surface area contributed by atoms with Crippen LogP contribution in [0.25, 0.3) is 11.4 Å². The van der Waals surface area contributed by atoms with Crippen molar-refractivity contribution in [1.29, 1.82) is 0 Å². The van der Waals surface area contributed by atoms with E-state index in [0.717, 1.165) is 42.9 Å². The second kappa shape index (κ2) is 7.09. The van der Waals surface area contributed by atoms with E-state index in [4.69, 9.17) is 9.72 Å². The van der Waals surface area contributed by atoms with E-state index >= 15 is 0 Å². The Hall–Kier alpha value is -2.99. The zero-order chi connectivity index (χ0) is 17.9. The molecule has 0 radical (unpaired) electrons. The van der Waals surface area contributed by atoms with Crippen LogP contribution in [0, 0.1) is 0 Å². The molecule has 0 amide bonds. The van der Waals surface area contributed by atoms with Gasteiger partial charge in [-0.25, -0.2) is 9.97 Å². The van der Waals surface area contributed by atoms with Crippen molar-refractivity contribution in [2.45, 2.75) is 19.5 Å². The molecular weight excluding hydrogens is 328 g/mol. The molecule has 3 aromatic rings. The largest absolute Gasteiger partial charge is 0.504 e. The Bertz CT molecular complexity index is 915. The molecule has 0 aliphatic carbocycles. The number of ether oxygens (including phenoxy) is 1. The number of hydrogen-bond acceptors (Lipinski definition) is 6. The van der Waals surface area contributed by atoms with Gasteiger partial charge in [-0.2, -0.15) is 0 Å². The normalized spacial score (nSPS) is 14.0. The molecule has 0 saturated carbocycles. The van der Waals surface area contributed by atoms with Crippen molar-refractivity contribution in [3.8, 4) is 22.9 Å². The van der Waals surface area contributed by atoms with Gasteiger partial charge in [0.15, 0.2) is 17.3 Å². The third-order valence-electron chi connectivity index (χ3n) is 4.59. The average Bonchev–Trinajstić information content (AvgIpc) is 2.68. The molecule has 6 nitrogen and oxygen atoms in total. The second-order valence-electron chi connectivity index (χ2n) is 6.37.